The molecule has 2 aromatic rings. The number of carbonyl (C=O) groups is 3. The monoisotopic (exact) mass is 658 g/mol. The molecule has 0 spiro atoms. The third-order valence-electron chi connectivity index (χ3n) is 6.23. The number of hydrogen-bond donors (Lipinski definition) is 4. The lowest BCUT2D eigenvalue weighted by atomic mass is 10.0. The number of β-lactam (4-membered cyclic amide) rings is 1. The van der Waals surface area contributed by atoms with E-state index in [1.165, 1.54) is 28.4 Å². The van der Waals surface area contributed by atoms with Crippen molar-refractivity contribution in [2.45, 2.75) is 35.0 Å². The van der Waals surface area contributed by atoms with E-state index in [9.17, 15) is 24.4 Å². The highest BCUT2D eigenvalue weighted by atomic mass is 35.5. The topological polar surface area (TPSA) is 183 Å². The van der Waals surface area contributed by atoms with Crippen LogP contribution in [0.25, 0.3) is 0 Å². The third-order valence-corrected chi connectivity index (χ3v) is 11.0. The van der Waals surface area contributed by atoms with E-state index < -0.39 is 35.2 Å². The molecule has 2 amide bonds. The number of hydrogen-bond acceptors (Lipinski definition) is 14. The maximum Gasteiger partial charge on any atom is 0.353 e. The number of amides is 2. The van der Waals surface area contributed by atoms with Crippen LogP contribution in [-0.4, -0.2) is 85.8 Å². The molecule has 1 saturated heterocycles. The van der Waals surface area contributed by atoms with Crippen LogP contribution in [-0.2, 0) is 20.1 Å². The van der Waals surface area contributed by atoms with Gasteiger partial charge in [0, 0.05) is 52.5 Å². The normalized spacial score (nSPS) is 19.1. The molecule has 0 aromatic carbocycles. The molecule has 1 unspecified atom stereocenters. The molecule has 3 atom stereocenters. The van der Waals surface area contributed by atoms with Gasteiger partial charge in [-0.1, -0.05) is 41.6 Å². The Morgan fingerprint density at radius 1 is 1.44 bits per heavy atom. The van der Waals surface area contributed by atoms with Crippen molar-refractivity contribution in [2.24, 2.45) is 5.18 Å². The van der Waals surface area contributed by atoms with Crippen molar-refractivity contribution in [1.29, 1.82) is 0 Å². The number of fused-ring (bicyclic) bond motifs is 1. The summed E-state index contributed by atoms with van der Waals surface area (Å²) < 4.78 is 0.0448. The van der Waals surface area contributed by atoms with E-state index in [1.807, 2.05) is 13.1 Å². The summed E-state index contributed by atoms with van der Waals surface area (Å²) in [6, 6.07) is -0.807. The number of nitrogens with two attached hydrogens (primary N) is 1. The number of hydrazine groups is 1. The molecular formula is C23H27ClN8O5S4. The first kappa shape index (κ1) is 31.5. The molecule has 1 fully saturated rings. The van der Waals surface area contributed by atoms with Gasteiger partial charge in [-0.15, -0.1) is 16.7 Å². The van der Waals surface area contributed by atoms with E-state index in [0.29, 0.717) is 16.4 Å². The summed E-state index contributed by atoms with van der Waals surface area (Å²) in [7, 11) is 1.89. The predicted octanol–water partition coefficient (Wildman–Crippen LogP) is 2.76. The fourth-order valence-corrected chi connectivity index (χ4v) is 8.74. The number of carboxylic acid groups (broad SMARTS) is 1. The third kappa shape index (κ3) is 6.98. The number of carbonyl (C=O) groups excluding carboxylic acids is 2. The summed E-state index contributed by atoms with van der Waals surface area (Å²) in [4.78, 5) is 60.4. The van der Waals surface area contributed by atoms with Crippen molar-refractivity contribution in [3.8, 4) is 0 Å². The number of anilines is 1. The van der Waals surface area contributed by atoms with E-state index in [1.54, 1.807) is 24.2 Å². The zero-order valence-corrected chi connectivity index (χ0v) is 25.9. The summed E-state index contributed by atoms with van der Waals surface area (Å²) in [5, 5.41) is 16.9. The van der Waals surface area contributed by atoms with Gasteiger partial charge in [0.05, 0.1) is 0 Å². The Balaban J connectivity index is 1.46. The predicted molar refractivity (Wildman–Crippen MR) is 162 cm³/mol. The molecule has 0 bridgehead atoms. The smallest absolute Gasteiger partial charge is 0.353 e. The Bertz CT molecular complexity index is 1360. The van der Waals surface area contributed by atoms with Gasteiger partial charge >= 0.3 is 5.97 Å². The maximum atomic E-state index is 13.1. The van der Waals surface area contributed by atoms with Crippen molar-refractivity contribution >= 4 is 81.1 Å². The number of thioether (sulfide) groups is 3. The molecule has 2 aromatic heterocycles. The molecule has 2 aliphatic rings. The number of aromatic nitrogens is 2. The maximum absolute atomic E-state index is 13.1. The number of nitrogens with one attached hydrogen (secondary N) is 2. The van der Waals surface area contributed by atoms with Gasteiger partial charge in [-0.05, 0) is 23.9 Å². The fraction of sp³-hybridized carbons (Fsp3) is 0.435. The summed E-state index contributed by atoms with van der Waals surface area (Å²) in [5.41, 5.74) is 9.48. The Labute approximate surface area is 257 Å². The van der Waals surface area contributed by atoms with E-state index in [2.05, 4.69) is 37.8 Å². The molecule has 0 aliphatic carbocycles. The summed E-state index contributed by atoms with van der Waals surface area (Å²) >= 11 is 11.3. The zero-order valence-electron chi connectivity index (χ0n) is 21.9. The summed E-state index contributed by atoms with van der Waals surface area (Å²) in [5.74, 6) is -0.825. The number of halogens is 1. The zero-order chi connectivity index (χ0) is 29.7. The van der Waals surface area contributed by atoms with Crippen molar-refractivity contribution in [1.82, 2.24) is 30.6 Å². The van der Waals surface area contributed by atoms with Gasteiger partial charge in [0.1, 0.15) is 27.1 Å². The molecule has 0 saturated carbocycles. The molecule has 5 N–H and O–H groups in total. The number of nitrogen functional groups attached to an aromatic ring is 1. The van der Waals surface area contributed by atoms with Crippen LogP contribution in [0.4, 0.5) is 5.13 Å². The van der Waals surface area contributed by atoms with Crippen LogP contribution >= 0.6 is 58.2 Å². The molecule has 13 nitrogen and oxygen atoms in total. The Kier molecular flexibility index (Phi) is 10.9. The first-order valence-electron chi connectivity index (χ1n) is 12.3. The Morgan fingerprint density at radius 2 is 2.22 bits per heavy atom. The largest absolute Gasteiger partial charge is 0.477 e. The molecular weight excluding hydrogens is 632 g/mol. The number of carboxylic acids is 1. The van der Waals surface area contributed by atoms with Crippen molar-refractivity contribution in [3.05, 3.63) is 49.6 Å². The number of thiazole rings is 1. The highest BCUT2D eigenvalue weighted by Crippen LogP contribution is 2.46. The Morgan fingerprint density at radius 3 is 2.85 bits per heavy atom. The molecule has 18 heteroatoms. The summed E-state index contributed by atoms with van der Waals surface area (Å²) in [6.45, 7) is 3.83. The molecule has 0 radical (unpaired) electrons. The SMILES string of the molecule is CCN(CCSCc1cnccc1SC1=C(C(=O)O)N2C(=O)[C@@H](NC(=O)C(N=O)c3nc(N)sc3Cl)[C@@H]2SC1)NC. The number of rotatable bonds is 14. The number of aliphatic carboxylic acids is 1. The van der Waals surface area contributed by atoms with Crippen LogP contribution in [0.3, 0.4) is 0 Å². The van der Waals surface area contributed by atoms with Crippen LogP contribution in [0.2, 0.25) is 4.34 Å². The van der Waals surface area contributed by atoms with Crippen LogP contribution in [0.15, 0.2) is 39.1 Å². The average Bonchev–Trinajstić information content (AvgIpc) is 3.29. The second-order valence-corrected chi connectivity index (χ2v) is 13.6. The first-order valence-corrected chi connectivity index (χ1v) is 16.5. The van der Waals surface area contributed by atoms with Gasteiger partial charge in [0.2, 0.25) is 6.04 Å². The van der Waals surface area contributed by atoms with Crippen molar-refractivity contribution in [2.75, 3.05) is 37.4 Å². The molecule has 4 heterocycles. The lowest BCUT2D eigenvalue weighted by Gasteiger charge is -2.49. The van der Waals surface area contributed by atoms with Crippen LogP contribution < -0.4 is 16.5 Å². The van der Waals surface area contributed by atoms with Gasteiger partial charge < -0.3 is 16.2 Å². The highest BCUT2D eigenvalue weighted by molar-refractivity contribution is 8.06. The minimum Gasteiger partial charge on any atom is -0.477 e. The molecule has 4 rings (SSSR count). The van der Waals surface area contributed by atoms with Crippen molar-refractivity contribution in [3.63, 3.8) is 0 Å². The molecule has 220 valence electrons. The number of pyridine rings is 1. The van der Waals surface area contributed by atoms with E-state index in [-0.39, 0.29) is 20.9 Å². The minimum atomic E-state index is -1.60. The van der Waals surface area contributed by atoms with Gasteiger partial charge in [-0.25, -0.2) is 14.8 Å². The second-order valence-electron chi connectivity index (χ2n) is 8.63. The van der Waals surface area contributed by atoms with Gasteiger partial charge in [-0.3, -0.25) is 24.9 Å². The Hall–Kier alpha value is -2.41. The molecule has 41 heavy (non-hydrogen) atoms. The van der Waals surface area contributed by atoms with Crippen LogP contribution in [0, 0.1) is 4.91 Å². The van der Waals surface area contributed by atoms with Crippen molar-refractivity contribution < 1.29 is 19.5 Å². The van der Waals surface area contributed by atoms with E-state index in [4.69, 9.17) is 17.3 Å². The lowest BCUT2D eigenvalue weighted by Crippen LogP contribution is -2.70. The first-order chi connectivity index (χ1) is 19.7. The van der Waals surface area contributed by atoms with Crippen LogP contribution in [0.1, 0.15) is 24.2 Å². The van der Waals surface area contributed by atoms with Crippen LogP contribution in [0.5, 0.6) is 0 Å². The standard InChI is InChI=1S/C23H27ClN8O5S4/c1-3-31(26-2)6-7-38-9-11-8-27-5-4-12(11)40-13-10-39-21-16(20(34)32(21)17(13)22(35)36)28-19(33)15(30-37)14-18(24)41-23(25)29-14/h4-5,8,15-16,21,26H,3,6-7,9-10H2,1-2H3,(H2,25,29)(H,28,33)(H,35,36)/t15?,16-,21+/m1/s1. The highest BCUT2D eigenvalue weighted by Gasteiger charge is 2.55. The van der Waals surface area contributed by atoms with E-state index in [0.717, 1.165) is 40.6 Å². The summed E-state index contributed by atoms with van der Waals surface area (Å²) in [6.07, 6.45) is 3.42. The van der Waals surface area contributed by atoms with E-state index >= 15 is 0 Å². The lowest BCUT2D eigenvalue weighted by molar-refractivity contribution is -0.150. The van der Waals surface area contributed by atoms with Gasteiger partial charge in [0.25, 0.3) is 11.8 Å². The van der Waals surface area contributed by atoms with Gasteiger partial charge in [0.15, 0.2) is 5.13 Å². The minimum absolute atomic E-state index is 0.0448. The number of nitroso groups, excluding NO2 is 1. The fourth-order valence-electron chi connectivity index (χ4n) is 4.16. The number of nitrogens with zero attached hydrogens (tertiary/aromatic N) is 5. The second kappa shape index (κ2) is 14.2. The quantitative estimate of drug-likeness (QED) is 0.101. The van der Waals surface area contributed by atoms with Gasteiger partial charge in [-0.2, -0.15) is 11.8 Å². The average molecular weight is 659 g/mol. The molecule has 2 aliphatic heterocycles.